The highest BCUT2D eigenvalue weighted by Crippen LogP contribution is 2.69. The normalized spacial score (nSPS) is 37.8. The molecule has 100 valence electrons. The van der Waals surface area contributed by atoms with Gasteiger partial charge in [0.25, 0.3) is 0 Å². The minimum absolute atomic E-state index is 0.222. The van der Waals surface area contributed by atoms with Crippen molar-refractivity contribution in [2.75, 3.05) is 12.4 Å². The van der Waals surface area contributed by atoms with Gasteiger partial charge in [0.05, 0.1) is 7.11 Å². The van der Waals surface area contributed by atoms with E-state index in [2.05, 4.69) is 5.32 Å². The molecule has 1 aromatic carbocycles. The van der Waals surface area contributed by atoms with Gasteiger partial charge in [-0.25, -0.2) is 0 Å². The summed E-state index contributed by atoms with van der Waals surface area (Å²) in [6.07, 6.45) is 4.10. The molecule has 1 unspecified atom stereocenters. The van der Waals surface area contributed by atoms with Gasteiger partial charge in [-0.05, 0) is 55.1 Å². The van der Waals surface area contributed by atoms with Crippen LogP contribution in [0.4, 0.5) is 5.69 Å². The van der Waals surface area contributed by atoms with Crippen molar-refractivity contribution in [1.29, 1.82) is 0 Å². The highest BCUT2D eigenvalue weighted by molar-refractivity contribution is 5.95. The molecule has 3 nitrogen and oxygen atoms in total. The van der Waals surface area contributed by atoms with Gasteiger partial charge in [-0.2, -0.15) is 0 Å². The highest BCUT2D eigenvalue weighted by Gasteiger charge is 2.67. The molecule has 0 spiro atoms. The van der Waals surface area contributed by atoms with Crippen molar-refractivity contribution in [2.45, 2.75) is 19.3 Å². The summed E-state index contributed by atoms with van der Waals surface area (Å²) < 4.78 is 5.18. The average molecular weight is 257 g/mol. The molecule has 0 radical (unpaired) electrons. The van der Waals surface area contributed by atoms with Crippen LogP contribution in [0.15, 0.2) is 24.3 Å². The molecule has 2 bridgehead atoms. The Morgan fingerprint density at radius 1 is 1.26 bits per heavy atom. The molecular formula is C16H19NO2. The van der Waals surface area contributed by atoms with E-state index in [4.69, 9.17) is 4.74 Å². The topological polar surface area (TPSA) is 38.3 Å². The first kappa shape index (κ1) is 11.3. The number of hydrogen-bond acceptors (Lipinski definition) is 2. The van der Waals surface area contributed by atoms with E-state index >= 15 is 0 Å². The first-order valence-corrected chi connectivity index (χ1v) is 7.23. The zero-order chi connectivity index (χ0) is 13.0. The van der Waals surface area contributed by atoms with Crippen molar-refractivity contribution in [3.05, 3.63) is 24.3 Å². The van der Waals surface area contributed by atoms with Crippen LogP contribution in [0.5, 0.6) is 5.75 Å². The Kier molecular flexibility index (Phi) is 2.38. The van der Waals surface area contributed by atoms with E-state index in [0.717, 1.165) is 23.3 Å². The van der Waals surface area contributed by atoms with Crippen molar-refractivity contribution in [1.82, 2.24) is 0 Å². The van der Waals surface area contributed by atoms with E-state index in [1.807, 2.05) is 24.3 Å². The Morgan fingerprint density at radius 3 is 2.68 bits per heavy atom. The lowest BCUT2D eigenvalue weighted by Crippen LogP contribution is -2.18. The number of fused-ring (bicyclic) bond motifs is 5. The number of methoxy groups -OCH3 is 1. The molecule has 1 N–H and O–H groups in total. The second-order valence-electron chi connectivity index (χ2n) is 6.23. The zero-order valence-electron chi connectivity index (χ0n) is 11.1. The Balaban J connectivity index is 1.45. The minimum atomic E-state index is 0.222. The van der Waals surface area contributed by atoms with Gasteiger partial charge < -0.3 is 10.1 Å². The lowest BCUT2D eigenvalue weighted by molar-refractivity contribution is -0.118. The van der Waals surface area contributed by atoms with Crippen LogP contribution in [0.1, 0.15) is 19.3 Å². The van der Waals surface area contributed by atoms with Crippen LogP contribution in [0.3, 0.4) is 0 Å². The van der Waals surface area contributed by atoms with Crippen molar-refractivity contribution in [2.24, 2.45) is 29.6 Å². The Morgan fingerprint density at radius 2 is 2.00 bits per heavy atom. The van der Waals surface area contributed by atoms with E-state index in [1.165, 1.54) is 19.3 Å². The average Bonchev–Trinajstić information content (AvgIpc) is 2.88. The fraction of sp³-hybridized carbons (Fsp3) is 0.562. The summed E-state index contributed by atoms with van der Waals surface area (Å²) in [5, 5.41) is 3.06. The molecule has 1 aromatic rings. The van der Waals surface area contributed by atoms with Crippen LogP contribution in [-0.4, -0.2) is 13.0 Å². The molecular weight excluding hydrogens is 238 g/mol. The number of hydrogen-bond donors (Lipinski definition) is 1. The fourth-order valence-corrected chi connectivity index (χ4v) is 4.60. The van der Waals surface area contributed by atoms with Gasteiger partial charge in [0, 0.05) is 17.7 Å². The van der Waals surface area contributed by atoms with Gasteiger partial charge in [-0.3, -0.25) is 4.79 Å². The second-order valence-corrected chi connectivity index (χ2v) is 6.23. The molecule has 4 rings (SSSR count). The highest BCUT2D eigenvalue weighted by atomic mass is 16.5. The number of nitrogens with one attached hydrogen (secondary N) is 1. The molecule has 3 saturated carbocycles. The number of carbonyl (C=O) groups excluding carboxylic acids is 1. The predicted octanol–water partition coefficient (Wildman–Crippen LogP) is 2.93. The molecule has 0 saturated heterocycles. The first-order valence-electron chi connectivity index (χ1n) is 7.23. The van der Waals surface area contributed by atoms with Gasteiger partial charge in [0.1, 0.15) is 5.75 Å². The number of benzene rings is 1. The lowest BCUT2D eigenvalue weighted by Gasteiger charge is -2.10. The molecule has 3 fully saturated rings. The Labute approximate surface area is 113 Å². The largest absolute Gasteiger partial charge is 0.497 e. The van der Waals surface area contributed by atoms with E-state index in [0.29, 0.717) is 11.8 Å². The van der Waals surface area contributed by atoms with Gasteiger partial charge >= 0.3 is 0 Å². The zero-order valence-corrected chi connectivity index (χ0v) is 11.1. The second kappa shape index (κ2) is 3.99. The molecule has 1 amide bonds. The van der Waals surface area contributed by atoms with Crippen LogP contribution >= 0.6 is 0 Å². The third-order valence-electron chi connectivity index (χ3n) is 5.38. The Bertz CT molecular complexity index is 511. The number of ether oxygens (including phenoxy) is 1. The predicted molar refractivity (Wildman–Crippen MR) is 72.9 cm³/mol. The molecule has 19 heavy (non-hydrogen) atoms. The number of rotatable bonds is 3. The lowest BCUT2D eigenvalue weighted by atomic mass is 10.0. The van der Waals surface area contributed by atoms with Crippen molar-refractivity contribution in [3.8, 4) is 5.75 Å². The molecule has 0 aromatic heterocycles. The summed E-state index contributed by atoms with van der Waals surface area (Å²) >= 11 is 0. The standard InChI is InChI=1S/C16H19NO2/c1-19-12-4-2-3-11(8-12)17-16(18)15-13-9-5-6-10(7-9)14(13)15/h2-4,8-10,13-15H,5-7H2,1H3,(H,17,18)/t9-,10+,13+,14-,15?. The van der Waals surface area contributed by atoms with E-state index in [1.54, 1.807) is 7.11 Å². The molecule has 3 aliphatic carbocycles. The summed E-state index contributed by atoms with van der Waals surface area (Å²) in [4.78, 5) is 12.4. The monoisotopic (exact) mass is 257 g/mol. The maximum atomic E-state index is 12.4. The van der Waals surface area contributed by atoms with Gasteiger partial charge in [0.2, 0.25) is 5.91 Å². The number of amides is 1. The smallest absolute Gasteiger partial charge is 0.228 e. The van der Waals surface area contributed by atoms with Crippen LogP contribution in [0.2, 0.25) is 0 Å². The summed E-state index contributed by atoms with van der Waals surface area (Å²) in [6.45, 7) is 0. The summed E-state index contributed by atoms with van der Waals surface area (Å²) in [7, 11) is 1.64. The van der Waals surface area contributed by atoms with Crippen molar-refractivity contribution >= 4 is 11.6 Å². The minimum Gasteiger partial charge on any atom is -0.497 e. The van der Waals surface area contributed by atoms with E-state index in [9.17, 15) is 4.79 Å². The molecule has 3 heteroatoms. The van der Waals surface area contributed by atoms with Gasteiger partial charge in [-0.15, -0.1) is 0 Å². The fourth-order valence-electron chi connectivity index (χ4n) is 4.60. The summed E-state index contributed by atoms with van der Waals surface area (Å²) in [5.74, 6) is 4.38. The SMILES string of the molecule is COc1cccc(NC(=O)C2[C@@H]3[C@H]4CC[C@H](C4)[C@H]23)c1. The summed E-state index contributed by atoms with van der Waals surface area (Å²) in [6, 6.07) is 7.60. The van der Waals surface area contributed by atoms with Crippen LogP contribution < -0.4 is 10.1 Å². The van der Waals surface area contributed by atoms with Gasteiger partial charge in [-0.1, -0.05) is 6.07 Å². The van der Waals surface area contributed by atoms with Crippen LogP contribution in [-0.2, 0) is 4.79 Å². The summed E-state index contributed by atoms with van der Waals surface area (Å²) in [5.41, 5.74) is 0.849. The van der Waals surface area contributed by atoms with Crippen LogP contribution in [0.25, 0.3) is 0 Å². The number of carbonyl (C=O) groups is 1. The third-order valence-corrected chi connectivity index (χ3v) is 5.38. The van der Waals surface area contributed by atoms with E-state index < -0.39 is 0 Å². The molecule has 0 heterocycles. The van der Waals surface area contributed by atoms with Crippen molar-refractivity contribution < 1.29 is 9.53 Å². The molecule has 0 aliphatic heterocycles. The molecule has 5 atom stereocenters. The maximum absolute atomic E-state index is 12.4. The van der Waals surface area contributed by atoms with E-state index in [-0.39, 0.29) is 11.8 Å². The van der Waals surface area contributed by atoms with Crippen molar-refractivity contribution in [3.63, 3.8) is 0 Å². The first-order chi connectivity index (χ1) is 9.28. The van der Waals surface area contributed by atoms with Crippen LogP contribution in [0, 0.1) is 29.6 Å². The third kappa shape index (κ3) is 1.67. The Hall–Kier alpha value is -1.51. The van der Waals surface area contributed by atoms with Gasteiger partial charge in [0.15, 0.2) is 0 Å². The molecule has 3 aliphatic rings. The quantitative estimate of drug-likeness (QED) is 0.904. The maximum Gasteiger partial charge on any atom is 0.228 e. The number of anilines is 1.